The molecule has 0 aliphatic rings. The van der Waals surface area contributed by atoms with Crippen molar-refractivity contribution < 1.29 is 5.11 Å². The molecule has 0 radical (unpaired) electrons. The van der Waals surface area contributed by atoms with Crippen molar-refractivity contribution in [2.75, 3.05) is 23.9 Å². The van der Waals surface area contributed by atoms with Crippen molar-refractivity contribution in [3.63, 3.8) is 0 Å². The topological polar surface area (TPSA) is 81.8 Å². The van der Waals surface area contributed by atoms with Crippen molar-refractivity contribution in [3.8, 4) is 6.07 Å². The molecule has 0 fully saturated rings. The van der Waals surface area contributed by atoms with Gasteiger partial charge in [-0.3, -0.25) is 0 Å². The molecular formula is C10H14N4OS. The van der Waals surface area contributed by atoms with Crippen molar-refractivity contribution in [1.29, 1.82) is 5.26 Å². The molecule has 0 aliphatic heterocycles. The summed E-state index contributed by atoms with van der Waals surface area (Å²) in [6.07, 6.45) is 3.44. The second kappa shape index (κ2) is 5.68. The van der Waals surface area contributed by atoms with Gasteiger partial charge in [0.05, 0.1) is 5.60 Å². The van der Waals surface area contributed by atoms with Gasteiger partial charge in [-0.25, -0.2) is 9.97 Å². The Kier molecular flexibility index (Phi) is 4.52. The van der Waals surface area contributed by atoms with E-state index in [1.807, 2.05) is 12.3 Å². The highest BCUT2D eigenvalue weighted by Gasteiger charge is 2.19. The van der Waals surface area contributed by atoms with Crippen molar-refractivity contribution in [1.82, 2.24) is 9.97 Å². The minimum Gasteiger partial charge on any atom is -0.387 e. The normalized spacial score (nSPS) is 13.9. The van der Waals surface area contributed by atoms with E-state index in [-0.39, 0.29) is 0 Å². The smallest absolute Gasteiger partial charge is 0.223 e. The van der Waals surface area contributed by atoms with Gasteiger partial charge < -0.3 is 10.4 Å². The first-order chi connectivity index (χ1) is 7.57. The summed E-state index contributed by atoms with van der Waals surface area (Å²) in [6, 6.07) is 3.46. The van der Waals surface area contributed by atoms with Crippen molar-refractivity contribution in [2.45, 2.75) is 12.5 Å². The number of aliphatic hydroxyl groups is 1. The highest BCUT2D eigenvalue weighted by atomic mass is 32.2. The molecule has 2 N–H and O–H groups in total. The van der Waals surface area contributed by atoms with E-state index < -0.39 is 5.60 Å². The molecule has 6 heteroatoms. The number of thioether (sulfide) groups is 1. The summed E-state index contributed by atoms with van der Waals surface area (Å²) < 4.78 is 0. The molecule has 0 saturated carbocycles. The average Bonchev–Trinajstić information content (AvgIpc) is 2.27. The third-order valence-electron chi connectivity index (χ3n) is 1.85. The fourth-order valence-electron chi connectivity index (χ4n) is 1.14. The predicted molar refractivity (Wildman–Crippen MR) is 64.2 cm³/mol. The minimum absolute atomic E-state index is 0.307. The molecule has 0 aliphatic carbocycles. The lowest BCUT2D eigenvalue weighted by Crippen LogP contribution is -2.36. The van der Waals surface area contributed by atoms with Crippen molar-refractivity contribution in [3.05, 3.63) is 18.0 Å². The van der Waals surface area contributed by atoms with Crippen LogP contribution in [-0.4, -0.2) is 39.2 Å². The van der Waals surface area contributed by atoms with E-state index in [1.165, 1.54) is 12.3 Å². The lowest BCUT2D eigenvalue weighted by Gasteiger charge is -2.22. The van der Waals surface area contributed by atoms with Crippen molar-refractivity contribution in [2.24, 2.45) is 0 Å². The van der Waals surface area contributed by atoms with Gasteiger partial charge in [0.25, 0.3) is 0 Å². The highest BCUT2D eigenvalue weighted by Crippen LogP contribution is 2.11. The zero-order chi connectivity index (χ0) is 12.0. The summed E-state index contributed by atoms with van der Waals surface area (Å²) in [5.41, 5.74) is -0.507. The van der Waals surface area contributed by atoms with Gasteiger partial charge in [0.2, 0.25) is 5.95 Å². The minimum atomic E-state index is -0.814. The van der Waals surface area contributed by atoms with Crippen LogP contribution in [0.15, 0.2) is 12.3 Å². The van der Waals surface area contributed by atoms with Gasteiger partial charge in [0.1, 0.15) is 11.8 Å². The molecule has 1 heterocycles. The van der Waals surface area contributed by atoms with E-state index in [1.54, 1.807) is 18.7 Å². The summed E-state index contributed by atoms with van der Waals surface area (Å²) in [5.74, 6) is 0.984. The van der Waals surface area contributed by atoms with Gasteiger partial charge in [-0.05, 0) is 19.2 Å². The average molecular weight is 238 g/mol. The first-order valence-electron chi connectivity index (χ1n) is 4.76. The fourth-order valence-corrected chi connectivity index (χ4v) is 1.86. The maximum absolute atomic E-state index is 9.90. The molecule has 1 aromatic rings. The molecule has 1 rings (SSSR count). The Morgan fingerprint density at radius 1 is 1.69 bits per heavy atom. The number of aromatic nitrogens is 2. The molecule has 86 valence electrons. The Hall–Kier alpha value is -1.32. The molecular weight excluding hydrogens is 224 g/mol. The SMILES string of the molecule is CSCC(C)(O)CNc1nccc(C#N)n1. The van der Waals surface area contributed by atoms with Gasteiger partial charge in [-0.15, -0.1) is 0 Å². The monoisotopic (exact) mass is 238 g/mol. The molecule has 0 saturated heterocycles. The second-order valence-corrected chi connectivity index (χ2v) is 4.53. The van der Waals surface area contributed by atoms with E-state index in [9.17, 15) is 5.11 Å². The predicted octanol–water partition coefficient (Wildman–Crippen LogP) is 0.874. The number of nitriles is 1. The molecule has 16 heavy (non-hydrogen) atoms. The highest BCUT2D eigenvalue weighted by molar-refractivity contribution is 7.98. The zero-order valence-electron chi connectivity index (χ0n) is 9.27. The molecule has 0 aromatic carbocycles. The van der Waals surface area contributed by atoms with Gasteiger partial charge in [0.15, 0.2) is 0 Å². The van der Waals surface area contributed by atoms with E-state index in [2.05, 4.69) is 15.3 Å². The maximum atomic E-state index is 9.90. The van der Waals surface area contributed by atoms with Crippen molar-refractivity contribution >= 4 is 17.7 Å². The van der Waals surface area contributed by atoms with Crippen LogP contribution in [0.5, 0.6) is 0 Å². The first kappa shape index (κ1) is 12.7. The number of anilines is 1. The van der Waals surface area contributed by atoms with E-state index in [0.717, 1.165) is 0 Å². The number of rotatable bonds is 5. The Bertz CT molecular complexity index is 389. The lowest BCUT2D eigenvalue weighted by molar-refractivity contribution is 0.0995. The lowest BCUT2D eigenvalue weighted by atomic mass is 10.1. The summed E-state index contributed by atoms with van der Waals surface area (Å²) in [5, 5.41) is 21.5. The molecule has 0 spiro atoms. The standard InChI is InChI=1S/C10H14N4OS/c1-10(15,7-16-2)6-13-9-12-4-3-8(5-11)14-9/h3-4,15H,6-7H2,1-2H3,(H,12,13,14). The third-order valence-corrected chi connectivity index (χ3v) is 2.76. The molecule has 5 nitrogen and oxygen atoms in total. The number of nitrogens with zero attached hydrogens (tertiary/aromatic N) is 3. The summed E-state index contributed by atoms with van der Waals surface area (Å²) in [7, 11) is 0. The Morgan fingerprint density at radius 2 is 2.44 bits per heavy atom. The van der Waals surface area contributed by atoms with Crippen LogP contribution in [0.25, 0.3) is 0 Å². The maximum Gasteiger partial charge on any atom is 0.223 e. The van der Waals surface area contributed by atoms with Gasteiger partial charge in [0, 0.05) is 18.5 Å². The van der Waals surface area contributed by atoms with Gasteiger partial charge >= 0.3 is 0 Å². The second-order valence-electron chi connectivity index (χ2n) is 3.66. The molecule has 1 atom stereocenters. The molecule has 1 aromatic heterocycles. The Labute approximate surface area is 98.9 Å². The van der Waals surface area contributed by atoms with E-state index >= 15 is 0 Å². The van der Waals surface area contributed by atoms with Crippen LogP contribution in [0.1, 0.15) is 12.6 Å². The summed E-state index contributed by atoms with van der Waals surface area (Å²) >= 11 is 1.57. The first-order valence-corrected chi connectivity index (χ1v) is 6.15. The van der Waals surface area contributed by atoms with Gasteiger partial charge in [-0.2, -0.15) is 17.0 Å². The summed E-state index contributed by atoms with van der Waals surface area (Å²) in [4.78, 5) is 7.91. The fraction of sp³-hybridized carbons (Fsp3) is 0.500. The molecule has 0 bridgehead atoms. The third kappa shape index (κ3) is 4.04. The van der Waals surface area contributed by atoms with Crippen LogP contribution in [0.2, 0.25) is 0 Å². The quantitative estimate of drug-likeness (QED) is 0.792. The summed E-state index contributed by atoms with van der Waals surface area (Å²) in [6.45, 7) is 2.09. The van der Waals surface area contributed by atoms with Crippen LogP contribution in [0, 0.1) is 11.3 Å². The van der Waals surface area contributed by atoms with Crippen LogP contribution < -0.4 is 5.32 Å². The van der Waals surface area contributed by atoms with Crippen LogP contribution >= 0.6 is 11.8 Å². The van der Waals surface area contributed by atoms with Crippen LogP contribution in [-0.2, 0) is 0 Å². The van der Waals surface area contributed by atoms with Crippen LogP contribution in [0.4, 0.5) is 5.95 Å². The van der Waals surface area contributed by atoms with Gasteiger partial charge in [-0.1, -0.05) is 0 Å². The molecule has 0 amide bonds. The molecule has 1 unspecified atom stereocenters. The number of hydrogen-bond donors (Lipinski definition) is 2. The Morgan fingerprint density at radius 3 is 3.06 bits per heavy atom. The number of hydrogen-bond acceptors (Lipinski definition) is 6. The largest absolute Gasteiger partial charge is 0.387 e. The van der Waals surface area contributed by atoms with E-state index in [4.69, 9.17) is 5.26 Å². The van der Waals surface area contributed by atoms with Crippen LogP contribution in [0.3, 0.4) is 0 Å². The van der Waals surface area contributed by atoms with E-state index in [0.29, 0.717) is 23.9 Å². The number of nitrogens with one attached hydrogen (secondary N) is 1. The Balaban J connectivity index is 2.58. The zero-order valence-corrected chi connectivity index (χ0v) is 10.1.